The van der Waals surface area contributed by atoms with E-state index in [0.717, 1.165) is 17.1 Å². The van der Waals surface area contributed by atoms with Crippen LogP contribution in [0.1, 0.15) is 27.8 Å². The van der Waals surface area contributed by atoms with E-state index in [0.29, 0.717) is 44.4 Å². The van der Waals surface area contributed by atoms with Crippen LogP contribution >= 0.6 is 11.6 Å². The highest BCUT2D eigenvalue weighted by molar-refractivity contribution is 6.31. The van der Waals surface area contributed by atoms with Gasteiger partial charge in [-0.05, 0) is 48.2 Å². The Bertz CT molecular complexity index is 1330. The molecule has 4 rings (SSSR count). The van der Waals surface area contributed by atoms with Crippen molar-refractivity contribution in [3.63, 3.8) is 0 Å². The molecule has 0 bridgehead atoms. The number of rotatable bonds is 6. The van der Waals surface area contributed by atoms with E-state index in [1.165, 1.54) is 0 Å². The van der Waals surface area contributed by atoms with E-state index in [9.17, 15) is 9.59 Å². The van der Waals surface area contributed by atoms with Crippen molar-refractivity contribution in [3.05, 3.63) is 64.9 Å². The number of hydrogen-bond donors (Lipinski definition) is 0. The summed E-state index contributed by atoms with van der Waals surface area (Å²) in [5.41, 5.74) is 2.29. The summed E-state index contributed by atoms with van der Waals surface area (Å²) in [7, 11) is 3.10. The Kier molecular flexibility index (Phi) is 5.57. The van der Waals surface area contributed by atoms with E-state index < -0.39 is 5.97 Å². The number of ether oxygens (including phenoxy) is 3. The van der Waals surface area contributed by atoms with Gasteiger partial charge >= 0.3 is 5.97 Å². The van der Waals surface area contributed by atoms with Gasteiger partial charge in [0.2, 0.25) is 0 Å². The lowest BCUT2D eigenvalue weighted by Gasteiger charge is -2.11. The number of carbonyl (C=O) groups is 2. The van der Waals surface area contributed by atoms with Crippen molar-refractivity contribution in [2.24, 2.45) is 0 Å². The number of methoxy groups -OCH3 is 2. The third-order valence-electron chi connectivity index (χ3n) is 5.16. The second-order valence-electron chi connectivity index (χ2n) is 6.81. The number of hydrogen-bond acceptors (Lipinski definition) is 5. The van der Waals surface area contributed by atoms with Crippen molar-refractivity contribution < 1.29 is 23.8 Å². The van der Waals surface area contributed by atoms with Crippen LogP contribution in [0.5, 0.6) is 11.5 Å². The Morgan fingerprint density at radius 1 is 1.10 bits per heavy atom. The van der Waals surface area contributed by atoms with Crippen LogP contribution in [0, 0.1) is 0 Å². The average Bonchev–Trinajstić information content (AvgIpc) is 3.13. The molecule has 0 saturated carbocycles. The Hall–Kier alpha value is -3.51. The number of nitrogens with zero attached hydrogens (tertiary/aromatic N) is 1. The number of aromatic nitrogens is 1. The lowest BCUT2D eigenvalue weighted by Crippen LogP contribution is -2.06. The molecule has 2 aromatic carbocycles. The van der Waals surface area contributed by atoms with Crippen LogP contribution in [0.2, 0.25) is 5.02 Å². The molecular weight excluding hydrogens is 418 g/mol. The largest absolute Gasteiger partial charge is 0.493 e. The molecule has 4 aromatic rings. The van der Waals surface area contributed by atoms with Crippen molar-refractivity contribution in [3.8, 4) is 22.6 Å². The molecule has 0 aliphatic heterocycles. The molecule has 2 heterocycles. The summed E-state index contributed by atoms with van der Waals surface area (Å²) in [6, 6.07) is 12.5. The lowest BCUT2D eigenvalue weighted by molar-refractivity contribution is 0.0529. The zero-order valence-corrected chi connectivity index (χ0v) is 18.0. The molecular formula is C24H20ClNO5. The fraction of sp³-hybridized carbons (Fsp3) is 0.167. The third kappa shape index (κ3) is 3.39. The normalized spacial score (nSPS) is 11.0. The summed E-state index contributed by atoms with van der Waals surface area (Å²) in [5.74, 6) is 0.552. The van der Waals surface area contributed by atoms with Crippen LogP contribution in [-0.2, 0) is 4.74 Å². The van der Waals surface area contributed by atoms with Crippen LogP contribution in [0.3, 0.4) is 0 Å². The molecule has 2 aromatic heterocycles. The number of benzene rings is 2. The van der Waals surface area contributed by atoms with Gasteiger partial charge in [0.1, 0.15) is 0 Å². The molecule has 0 saturated heterocycles. The van der Waals surface area contributed by atoms with Crippen molar-refractivity contribution in [1.29, 1.82) is 0 Å². The number of halogens is 1. The summed E-state index contributed by atoms with van der Waals surface area (Å²) < 4.78 is 18.0. The van der Waals surface area contributed by atoms with Crippen molar-refractivity contribution in [1.82, 2.24) is 4.40 Å². The molecule has 6 nitrogen and oxygen atoms in total. The van der Waals surface area contributed by atoms with Crippen LogP contribution in [-0.4, -0.2) is 37.5 Å². The van der Waals surface area contributed by atoms with Gasteiger partial charge in [-0.1, -0.05) is 23.7 Å². The monoisotopic (exact) mass is 437 g/mol. The molecule has 7 heteroatoms. The molecule has 0 aliphatic rings. The Morgan fingerprint density at radius 3 is 2.48 bits per heavy atom. The van der Waals surface area contributed by atoms with Crippen molar-refractivity contribution in [2.45, 2.75) is 6.92 Å². The molecule has 0 atom stereocenters. The highest BCUT2D eigenvalue weighted by Gasteiger charge is 2.27. The van der Waals surface area contributed by atoms with E-state index in [1.54, 1.807) is 56.0 Å². The van der Waals surface area contributed by atoms with Crippen LogP contribution in [0.4, 0.5) is 0 Å². The fourth-order valence-electron chi connectivity index (χ4n) is 3.87. The smallest absolute Gasteiger partial charge is 0.341 e. The van der Waals surface area contributed by atoms with Gasteiger partial charge in [-0.15, -0.1) is 0 Å². The summed E-state index contributed by atoms with van der Waals surface area (Å²) in [6.45, 7) is 1.94. The zero-order chi connectivity index (χ0) is 22.1. The average molecular weight is 438 g/mol. The summed E-state index contributed by atoms with van der Waals surface area (Å²) in [6.07, 6.45) is 2.49. The lowest BCUT2D eigenvalue weighted by atomic mass is 9.99. The summed E-state index contributed by atoms with van der Waals surface area (Å²) >= 11 is 6.21. The molecule has 31 heavy (non-hydrogen) atoms. The van der Waals surface area contributed by atoms with Gasteiger partial charge in [-0.25, -0.2) is 4.79 Å². The highest BCUT2D eigenvalue weighted by atomic mass is 35.5. The quantitative estimate of drug-likeness (QED) is 0.297. The first-order valence-corrected chi connectivity index (χ1v) is 10.0. The molecule has 0 radical (unpaired) electrons. The first-order valence-electron chi connectivity index (χ1n) is 9.65. The number of carbonyl (C=O) groups excluding carboxylic acids is 2. The Labute approximate surface area is 183 Å². The second kappa shape index (κ2) is 8.32. The minimum absolute atomic E-state index is 0.198. The second-order valence-corrected chi connectivity index (χ2v) is 7.25. The maximum Gasteiger partial charge on any atom is 0.341 e. The minimum Gasteiger partial charge on any atom is -0.493 e. The number of esters is 1. The Morgan fingerprint density at radius 2 is 1.84 bits per heavy atom. The SMILES string of the molecule is CCOC(=O)c1c(-c2cccc(Cl)c2)c(C=O)n2ccc3cc(OC)c(OC)cc3c12. The maximum absolute atomic E-state index is 13.1. The molecule has 0 fully saturated rings. The van der Waals surface area contributed by atoms with E-state index >= 15 is 0 Å². The van der Waals surface area contributed by atoms with E-state index in [4.69, 9.17) is 25.8 Å². The van der Waals surface area contributed by atoms with Crippen molar-refractivity contribution >= 4 is 40.1 Å². The summed E-state index contributed by atoms with van der Waals surface area (Å²) in [5, 5.41) is 2.04. The molecule has 0 amide bonds. The number of fused-ring (bicyclic) bond motifs is 3. The molecule has 0 N–H and O–H groups in total. The standard InChI is InChI=1S/C24H20ClNO5/c1-4-31-24(28)22-21(15-6-5-7-16(25)10-15)18(13-27)26-9-8-14-11-19(29-2)20(30-3)12-17(14)23(22)26/h5-13H,4H2,1-3H3. The molecule has 0 unspecified atom stereocenters. The van der Waals surface area contributed by atoms with Gasteiger partial charge in [0.25, 0.3) is 0 Å². The van der Waals surface area contributed by atoms with Crippen LogP contribution in [0.25, 0.3) is 27.4 Å². The van der Waals surface area contributed by atoms with Gasteiger partial charge in [-0.3, -0.25) is 4.79 Å². The highest BCUT2D eigenvalue weighted by Crippen LogP contribution is 2.40. The van der Waals surface area contributed by atoms with Gasteiger partial charge in [0.15, 0.2) is 17.8 Å². The van der Waals surface area contributed by atoms with Crippen LogP contribution < -0.4 is 9.47 Å². The minimum atomic E-state index is -0.523. The van der Waals surface area contributed by atoms with Crippen molar-refractivity contribution in [2.75, 3.05) is 20.8 Å². The first-order chi connectivity index (χ1) is 15.0. The summed E-state index contributed by atoms with van der Waals surface area (Å²) in [4.78, 5) is 25.4. The van der Waals surface area contributed by atoms with E-state index in [2.05, 4.69) is 0 Å². The van der Waals surface area contributed by atoms with Gasteiger partial charge in [-0.2, -0.15) is 0 Å². The van der Waals surface area contributed by atoms with Gasteiger partial charge in [0.05, 0.1) is 37.6 Å². The first kappa shape index (κ1) is 20.8. The van der Waals surface area contributed by atoms with E-state index in [-0.39, 0.29) is 6.61 Å². The van der Waals surface area contributed by atoms with Gasteiger partial charge < -0.3 is 18.6 Å². The zero-order valence-electron chi connectivity index (χ0n) is 17.3. The van der Waals surface area contributed by atoms with Crippen LogP contribution in [0.15, 0.2) is 48.7 Å². The predicted octanol–water partition coefficient (Wildman–Crippen LogP) is 5.42. The molecule has 158 valence electrons. The van der Waals surface area contributed by atoms with E-state index in [1.807, 2.05) is 18.2 Å². The fourth-order valence-corrected chi connectivity index (χ4v) is 4.06. The topological polar surface area (TPSA) is 66.2 Å². The maximum atomic E-state index is 13.1. The Balaban J connectivity index is 2.21. The third-order valence-corrected chi connectivity index (χ3v) is 5.40. The number of aldehydes is 1. The van der Waals surface area contributed by atoms with Gasteiger partial charge in [0, 0.05) is 22.2 Å². The number of pyridine rings is 1. The molecule has 0 spiro atoms. The molecule has 0 aliphatic carbocycles. The predicted molar refractivity (Wildman–Crippen MR) is 120 cm³/mol.